The lowest BCUT2D eigenvalue weighted by atomic mass is 10.1. The molecule has 1 aromatic rings. The molecule has 1 unspecified atom stereocenters. The molecule has 0 fully saturated rings. The van der Waals surface area contributed by atoms with Gasteiger partial charge in [-0.3, -0.25) is 0 Å². The van der Waals surface area contributed by atoms with Crippen LogP contribution in [0.4, 0.5) is 5.69 Å². The minimum Gasteiger partial charge on any atom is -0.493 e. The number of halogens is 2. The second kappa shape index (κ2) is 6.36. The van der Waals surface area contributed by atoms with Gasteiger partial charge >= 0.3 is 0 Å². The first kappa shape index (κ1) is 13.7. The maximum Gasteiger partial charge on any atom is 0.156 e. The molecule has 16 heavy (non-hydrogen) atoms. The Hall–Kier alpha value is -0.410. The van der Waals surface area contributed by atoms with E-state index in [0.717, 1.165) is 28.9 Å². The number of anilines is 1. The molecule has 90 valence electrons. The summed E-state index contributed by atoms with van der Waals surface area (Å²) in [6.07, 6.45) is 1.15. The van der Waals surface area contributed by atoms with Crippen molar-refractivity contribution in [3.8, 4) is 5.75 Å². The van der Waals surface area contributed by atoms with Crippen molar-refractivity contribution in [3.05, 3.63) is 21.6 Å². The van der Waals surface area contributed by atoms with Crippen LogP contribution in [-0.2, 0) is 0 Å². The van der Waals surface area contributed by atoms with Crippen LogP contribution >= 0.6 is 27.5 Å². The van der Waals surface area contributed by atoms with Crippen LogP contribution in [0.1, 0.15) is 20.3 Å². The van der Waals surface area contributed by atoms with E-state index in [1.807, 2.05) is 12.1 Å². The average molecular weight is 307 g/mol. The normalized spacial score (nSPS) is 12.3. The van der Waals surface area contributed by atoms with Gasteiger partial charge in [-0.05, 0) is 34.0 Å². The highest BCUT2D eigenvalue weighted by molar-refractivity contribution is 9.10. The third-order valence-corrected chi connectivity index (χ3v) is 3.36. The third-order valence-electron chi connectivity index (χ3n) is 2.55. The summed E-state index contributed by atoms with van der Waals surface area (Å²) in [5.74, 6) is 1.43. The standard InChI is InChI=1S/C12H17BrClNO/c1-4-8(2)7-15-11-6-9(14)5-10(13)12(11)16-3/h5-6,8,15H,4,7H2,1-3H3. The minimum atomic E-state index is 0.627. The van der Waals surface area contributed by atoms with E-state index in [-0.39, 0.29) is 0 Å². The SMILES string of the molecule is CCC(C)CNc1cc(Cl)cc(Br)c1OC. The number of hydrogen-bond donors (Lipinski definition) is 1. The van der Waals surface area contributed by atoms with E-state index < -0.39 is 0 Å². The van der Waals surface area contributed by atoms with Crippen molar-refractivity contribution in [1.82, 2.24) is 0 Å². The Bertz CT molecular complexity index is 357. The predicted octanol–water partition coefficient (Wildman–Crippen LogP) is 4.57. The van der Waals surface area contributed by atoms with Crippen LogP contribution in [0.2, 0.25) is 5.02 Å². The van der Waals surface area contributed by atoms with Gasteiger partial charge in [-0.1, -0.05) is 31.9 Å². The zero-order chi connectivity index (χ0) is 12.1. The molecule has 1 N–H and O–H groups in total. The summed E-state index contributed by atoms with van der Waals surface area (Å²) in [5.41, 5.74) is 0.933. The Morgan fingerprint density at radius 2 is 2.19 bits per heavy atom. The molecule has 2 nitrogen and oxygen atoms in total. The van der Waals surface area contributed by atoms with Gasteiger partial charge in [0, 0.05) is 11.6 Å². The summed E-state index contributed by atoms with van der Waals surface area (Å²) in [7, 11) is 1.66. The lowest BCUT2D eigenvalue weighted by molar-refractivity contribution is 0.413. The molecule has 0 heterocycles. The number of methoxy groups -OCH3 is 1. The van der Waals surface area contributed by atoms with Crippen molar-refractivity contribution < 1.29 is 4.74 Å². The Morgan fingerprint density at radius 1 is 1.50 bits per heavy atom. The van der Waals surface area contributed by atoms with E-state index >= 15 is 0 Å². The van der Waals surface area contributed by atoms with Crippen molar-refractivity contribution >= 4 is 33.2 Å². The fourth-order valence-corrected chi connectivity index (χ4v) is 2.30. The van der Waals surface area contributed by atoms with Gasteiger partial charge in [-0.25, -0.2) is 0 Å². The maximum absolute atomic E-state index is 6.00. The zero-order valence-electron chi connectivity index (χ0n) is 9.81. The quantitative estimate of drug-likeness (QED) is 0.860. The number of hydrogen-bond acceptors (Lipinski definition) is 2. The molecule has 0 amide bonds. The Kier molecular flexibility index (Phi) is 5.42. The Labute approximate surface area is 110 Å². The highest BCUT2D eigenvalue weighted by Gasteiger charge is 2.09. The Balaban J connectivity index is 2.85. The van der Waals surface area contributed by atoms with Crippen LogP contribution < -0.4 is 10.1 Å². The van der Waals surface area contributed by atoms with Gasteiger partial charge < -0.3 is 10.1 Å². The monoisotopic (exact) mass is 305 g/mol. The van der Waals surface area contributed by atoms with E-state index in [9.17, 15) is 0 Å². The lowest BCUT2D eigenvalue weighted by Gasteiger charge is -2.15. The van der Waals surface area contributed by atoms with Gasteiger partial charge in [0.1, 0.15) is 0 Å². The molecule has 1 aromatic carbocycles. The van der Waals surface area contributed by atoms with Gasteiger partial charge in [-0.15, -0.1) is 0 Å². The molecule has 4 heteroatoms. The van der Waals surface area contributed by atoms with Crippen LogP contribution in [0.25, 0.3) is 0 Å². The second-order valence-electron chi connectivity index (χ2n) is 3.86. The number of benzene rings is 1. The highest BCUT2D eigenvalue weighted by atomic mass is 79.9. The van der Waals surface area contributed by atoms with Gasteiger partial charge in [0.2, 0.25) is 0 Å². The van der Waals surface area contributed by atoms with E-state index in [1.165, 1.54) is 0 Å². The molecule has 0 aliphatic rings. The number of nitrogens with one attached hydrogen (secondary N) is 1. The van der Waals surface area contributed by atoms with Crippen LogP contribution in [0, 0.1) is 5.92 Å². The largest absolute Gasteiger partial charge is 0.493 e. The number of rotatable bonds is 5. The fraction of sp³-hybridized carbons (Fsp3) is 0.500. The lowest BCUT2D eigenvalue weighted by Crippen LogP contribution is -2.11. The Morgan fingerprint density at radius 3 is 2.75 bits per heavy atom. The minimum absolute atomic E-state index is 0.627. The summed E-state index contributed by atoms with van der Waals surface area (Å²) < 4.78 is 6.20. The predicted molar refractivity (Wildman–Crippen MR) is 73.6 cm³/mol. The van der Waals surface area contributed by atoms with Crippen LogP contribution in [0.5, 0.6) is 5.75 Å². The van der Waals surface area contributed by atoms with Crippen LogP contribution in [0.3, 0.4) is 0 Å². The molecule has 0 saturated heterocycles. The molecule has 1 rings (SSSR count). The second-order valence-corrected chi connectivity index (χ2v) is 5.15. The molecule has 0 bridgehead atoms. The molecule has 0 aliphatic heterocycles. The molecule has 0 radical (unpaired) electrons. The van der Waals surface area contributed by atoms with Gasteiger partial charge in [0.15, 0.2) is 5.75 Å². The molecular weight excluding hydrogens is 289 g/mol. The van der Waals surface area contributed by atoms with E-state index in [0.29, 0.717) is 10.9 Å². The summed E-state index contributed by atoms with van der Waals surface area (Å²) in [5, 5.41) is 4.05. The average Bonchev–Trinajstić information content (AvgIpc) is 2.25. The topological polar surface area (TPSA) is 21.3 Å². The van der Waals surface area contributed by atoms with E-state index in [1.54, 1.807) is 7.11 Å². The molecule has 1 atom stereocenters. The first-order valence-electron chi connectivity index (χ1n) is 5.35. The molecule has 0 saturated carbocycles. The maximum atomic E-state index is 6.00. The molecule has 0 aromatic heterocycles. The molecular formula is C12H17BrClNO. The summed E-state index contributed by atoms with van der Waals surface area (Å²) in [6.45, 7) is 5.30. The van der Waals surface area contributed by atoms with Crippen molar-refractivity contribution in [1.29, 1.82) is 0 Å². The molecule has 0 aliphatic carbocycles. The van der Waals surface area contributed by atoms with Gasteiger partial charge in [-0.2, -0.15) is 0 Å². The first-order valence-corrected chi connectivity index (χ1v) is 6.52. The fourth-order valence-electron chi connectivity index (χ4n) is 1.33. The first-order chi connectivity index (χ1) is 7.58. The van der Waals surface area contributed by atoms with Crippen LogP contribution in [-0.4, -0.2) is 13.7 Å². The summed E-state index contributed by atoms with van der Waals surface area (Å²) in [4.78, 5) is 0. The van der Waals surface area contributed by atoms with E-state index in [2.05, 4.69) is 35.1 Å². The van der Waals surface area contributed by atoms with Gasteiger partial charge in [0.05, 0.1) is 17.3 Å². The smallest absolute Gasteiger partial charge is 0.156 e. The van der Waals surface area contributed by atoms with Gasteiger partial charge in [0.25, 0.3) is 0 Å². The highest BCUT2D eigenvalue weighted by Crippen LogP contribution is 2.36. The zero-order valence-corrected chi connectivity index (χ0v) is 12.2. The number of ether oxygens (including phenoxy) is 1. The summed E-state index contributed by atoms with van der Waals surface area (Å²) in [6, 6.07) is 3.71. The molecule has 0 spiro atoms. The van der Waals surface area contributed by atoms with Crippen LogP contribution in [0.15, 0.2) is 16.6 Å². The van der Waals surface area contributed by atoms with Crippen molar-refractivity contribution in [2.45, 2.75) is 20.3 Å². The summed E-state index contributed by atoms with van der Waals surface area (Å²) >= 11 is 9.44. The van der Waals surface area contributed by atoms with Crippen molar-refractivity contribution in [3.63, 3.8) is 0 Å². The third kappa shape index (κ3) is 3.56. The van der Waals surface area contributed by atoms with E-state index in [4.69, 9.17) is 16.3 Å². The van der Waals surface area contributed by atoms with Crippen molar-refractivity contribution in [2.75, 3.05) is 19.0 Å². The van der Waals surface area contributed by atoms with Crippen molar-refractivity contribution in [2.24, 2.45) is 5.92 Å².